The van der Waals surface area contributed by atoms with Crippen LogP contribution in [0.1, 0.15) is 34.8 Å². The van der Waals surface area contributed by atoms with E-state index in [1.807, 2.05) is 38.1 Å². The number of esters is 1. The van der Waals surface area contributed by atoms with Gasteiger partial charge in [0.1, 0.15) is 0 Å². The van der Waals surface area contributed by atoms with Crippen molar-refractivity contribution in [2.45, 2.75) is 26.8 Å². The van der Waals surface area contributed by atoms with Crippen LogP contribution < -0.4 is 10.6 Å². The highest BCUT2D eigenvalue weighted by Gasteiger charge is 2.40. The minimum absolute atomic E-state index is 0.0901. The van der Waals surface area contributed by atoms with E-state index >= 15 is 0 Å². The number of para-hydroxylation sites is 1. The van der Waals surface area contributed by atoms with Gasteiger partial charge in [-0.25, -0.2) is 0 Å². The van der Waals surface area contributed by atoms with E-state index in [0.29, 0.717) is 23.7 Å². The van der Waals surface area contributed by atoms with Gasteiger partial charge in [0.25, 0.3) is 11.8 Å². The van der Waals surface area contributed by atoms with Crippen LogP contribution in [0.4, 0.5) is 5.69 Å². The molecule has 1 aliphatic rings. The number of amides is 2. The third-order valence-electron chi connectivity index (χ3n) is 4.78. The van der Waals surface area contributed by atoms with Gasteiger partial charge in [-0.1, -0.05) is 48.9 Å². The molecular weight excluding hydrogens is 356 g/mol. The molecule has 0 aromatic heterocycles. The maximum atomic E-state index is 12.5. The molecule has 0 spiro atoms. The standard InChI is InChI=1S/C22H24N2O4/c1-14-7-9-16(10-8-14)12-23-21(26)17-5-3-4-6-19(17)24-20(25)13-28-22(27)18-11-15(18)2/h3-10,15,18H,11-13H2,1-2H3,(H,23,26)(H,24,25). The van der Waals surface area contributed by atoms with Crippen LogP contribution in [-0.2, 0) is 20.9 Å². The molecule has 6 nitrogen and oxygen atoms in total. The predicted molar refractivity (Wildman–Crippen MR) is 106 cm³/mol. The summed E-state index contributed by atoms with van der Waals surface area (Å²) < 4.78 is 5.03. The second kappa shape index (κ2) is 8.69. The molecule has 0 saturated heterocycles. The number of anilines is 1. The van der Waals surface area contributed by atoms with Crippen LogP contribution in [0, 0.1) is 18.8 Å². The third-order valence-corrected chi connectivity index (χ3v) is 4.78. The number of nitrogens with one attached hydrogen (secondary N) is 2. The lowest BCUT2D eigenvalue weighted by atomic mass is 10.1. The first-order chi connectivity index (χ1) is 13.4. The van der Waals surface area contributed by atoms with Gasteiger partial charge in [-0.3, -0.25) is 14.4 Å². The fraction of sp³-hybridized carbons (Fsp3) is 0.318. The first-order valence-electron chi connectivity index (χ1n) is 9.33. The van der Waals surface area contributed by atoms with E-state index in [2.05, 4.69) is 10.6 Å². The molecule has 2 amide bonds. The summed E-state index contributed by atoms with van der Waals surface area (Å²) >= 11 is 0. The van der Waals surface area contributed by atoms with E-state index in [1.54, 1.807) is 24.3 Å². The van der Waals surface area contributed by atoms with Crippen molar-refractivity contribution >= 4 is 23.5 Å². The molecule has 146 valence electrons. The molecule has 1 fully saturated rings. The van der Waals surface area contributed by atoms with Gasteiger partial charge in [-0.2, -0.15) is 0 Å². The van der Waals surface area contributed by atoms with E-state index in [4.69, 9.17) is 4.74 Å². The summed E-state index contributed by atoms with van der Waals surface area (Å²) in [6.45, 7) is 4.00. The topological polar surface area (TPSA) is 84.5 Å². The molecule has 0 aliphatic heterocycles. The van der Waals surface area contributed by atoms with Gasteiger partial charge >= 0.3 is 5.97 Å². The van der Waals surface area contributed by atoms with Crippen molar-refractivity contribution < 1.29 is 19.1 Å². The van der Waals surface area contributed by atoms with Crippen LogP contribution in [0.2, 0.25) is 0 Å². The van der Waals surface area contributed by atoms with Gasteiger partial charge in [0.15, 0.2) is 6.61 Å². The summed E-state index contributed by atoms with van der Waals surface area (Å²) in [5.74, 6) is -0.867. The summed E-state index contributed by atoms with van der Waals surface area (Å²) in [6.07, 6.45) is 0.810. The SMILES string of the molecule is Cc1ccc(CNC(=O)c2ccccc2NC(=O)COC(=O)C2CC2C)cc1. The zero-order valence-corrected chi connectivity index (χ0v) is 16.0. The Balaban J connectivity index is 1.55. The van der Waals surface area contributed by atoms with E-state index in [1.165, 1.54) is 0 Å². The Kier molecular flexibility index (Phi) is 6.09. The summed E-state index contributed by atoms with van der Waals surface area (Å²) in [5, 5.41) is 5.50. The van der Waals surface area contributed by atoms with Crippen molar-refractivity contribution in [1.82, 2.24) is 5.32 Å². The van der Waals surface area contributed by atoms with Gasteiger partial charge in [0, 0.05) is 6.54 Å². The Labute approximate surface area is 164 Å². The average molecular weight is 380 g/mol. The van der Waals surface area contributed by atoms with Crippen molar-refractivity contribution in [2.75, 3.05) is 11.9 Å². The number of aryl methyl sites for hydroxylation is 1. The van der Waals surface area contributed by atoms with E-state index in [9.17, 15) is 14.4 Å². The fourth-order valence-electron chi connectivity index (χ4n) is 2.85. The maximum Gasteiger partial charge on any atom is 0.309 e. The number of carbonyl (C=O) groups excluding carboxylic acids is 3. The fourth-order valence-corrected chi connectivity index (χ4v) is 2.85. The zero-order valence-electron chi connectivity index (χ0n) is 16.0. The molecular formula is C22H24N2O4. The van der Waals surface area contributed by atoms with Crippen LogP contribution in [-0.4, -0.2) is 24.4 Å². The molecule has 2 aromatic carbocycles. The molecule has 2 unspecified atom stereocenters. The Hall–Kier alpha value is -3.15. The average Bonchev–Trinajstić information content (AvgIpc) is 3.42. The Morgan fingerprint density at radius 1 is 1.07 bits per heavy atom. The molecule has 1 aliphatic carbocycles. The van der Waals surface area contributed by atoms with Crippen LogP contribution in [0.15, 0.2) is 48.5 Å². The van der Waals surface area contributed by atoms with Crippen LogP contribution >= 0.6 is 0 Å². The summed E-state index contributed by atoms with van der Waals surface area (Å²) in [5.41, 5.74) is 2.87. The zero-order chi connectivity index (χ0) is 20.1. The highest BCUT2D eigenvalue weighted by atomic mass is 16.5. The van der Waals surface area contributed by atoms with E-state index in [-0.39, 0.29) is 24.4 Å². The number of ether oxygens (including phenoxy) is 1. The first kappa shape index (κ1) is 19.6. The third kappa shape index (κ3) is 5.19. The van der Waals surface area contributed by atoms with Gasteiger partial charge in [-0.15, -0.1) is 0 Å². The number of rotatable bonds is 7. The van der Waals surface area contributed by atoms with Crippen molar-refractivity contribution in [3.8, 4) is 0 Å². The van der Waals surface area contributed by atoms with Gasteiger partial charge in [0.05, 0.1) is 17.2 Å². The lowest BCUT2D eigenvalue weighted by Crippen LogP contribution is -2.26. The van der Waals surface area contributed by atoms with Crippen molar-refractivity contribution in [3.05, 3.63) is 65.2 Å². The highest BCUT2D eigenvalue weighted by molar-refractivity contribution is 6.04. The Bertz CT molecular complexity index is 876. The van der Waals surface area contributed by atoms with E-state index in [0.717, 1.165) is 17.5 Å². The number of hydrogen-bond donors (Lipinski definition) is 2. The molecule has 28 heavy (non-hydrogen) atoms. The molecule has 3 rings (SSSR count). The van der Waals surface area contributed by atoms with Crippen LogP contribution in [0.5, 0.6) is 0 Å². The van der Waals surface area contributed by atoms with Gasteiger partial charge < -0.3 is 15.4 Å². The number of benzene rings is 2. The molecule has 0 bridgehead atoms. The van der Waals surface area contributed by atoms with Crippen LogP contribution in [0.25, 0.3) is 0 Å². The minimum atomic E-state index is -0.472. The Morgan fingerprint density at radius 2 is 1.75 bits per heavy atom. The van der Waals surface area contributed by atoms with Crippen molar-refractivity contribution in [1.29, 1.82) is 0 Å². The summed E-state index contributed by atoms with van der Waals surface area (Å²) in [6, 6.07) is 14.6. The first-order valence-corrected chi connectivity index (χ1v) is 9.33. The molecule has 0 radical (unpaired) electrons. The minimum Gasteiger partial charge on any atom is -0.455 e. The number of carbonyl (C=O) groups is 3. The molecule has 6 heteroatoms. The Morgan fingerprint density at radius 3 is 2.43 bits per heavy atom. The maximum absolute atomic E-state index is 12.5. The van der Waals surface area contributed by atoms with Gasteiger partial charge in [-0.05, 0) is 37.0 Å². The molecule has 0 heterocycles. The lowest BCUT2D eigenvalue weighted by Gasteiger charge is -2.12. The quantitative estimate of drug-likeness (QED) is 0.723. The highest BCUT2D eigenvalue weighted by Crippen LogP contribution is 2.38. The largest absolute Gasteiger partial charge is 0.455 e. The second-order valence-corrected chi connectivity index (χ2v) is 7.19. The van der Waals surface area contributed by atoms with Crippen LogP contribution in [0.3, 0.4) is 0 Å². The molecule has 2 aromatic rings. The van der Waals surface area contributed by atoms with E-state index < -0.39 is 5.91 Å². The van der Waals surface area contributed by atoms with Crippen molar-refractivity contribution in [3.63, 3.8) is 0 Å². The lowest BCUT2D eigenvalue weighted by molar-refractivity contribution is -0.148. The molecule has 2 N–H and O–H groups in total. The van der Waals surface area contributed by atoms with Crippen molar-refractivity contribution in [2.24, 2.45) is 11.8 Å². The second-order valence-electron chi connectivity index (χ2n) is 7.19. The number of hydrogen-bond acceptors (Lipinski definition) is 4. The predicted octanol–water partition coefficient (Wildman–Crippen LogP) is 3.06. The molecule has 2 atom stereocenters. The molecule has 1 saturated carbocycles. The normalized spacial score (nSPS) is 17.5. The smallest absolute Gasteiger partial charge is 0.309 e. The monoisotopic (exact) mass is 380 g/mol. The van der Waals surface area contributed by atoms with Gasteiger partial charge in [0.2, 0.25) is 0 Å². The summed E-state index contributed by atoms with van der Waals surface area (Å²) in [7, 11) is 0. The summed E-state index contributed by atoms with van der Waals surface area (Å²) in [4.78, 5) is 36.4.